The Bertz CT molecular complexity index is 1160. The van der Waals surface area contributed by atoms with E-state index in [9.17, 15) is 14.7 Å². The fourth-order valence-corrected chi connectivity index (χ4v) is 5.86. The Morgan fingerprint density at radius 3 is 2.19 bits per heavy atom. The summed E-state index contributed by atoms with van der Waals surface area (Å²) in [6.45, 7) is 15.5. The third-order valence-corrected chi connectivity index (χ3v) is 7.74. The van der Waals surface area contributed by atoms with Crippen molar-refractivity contribution in [3.05, 3.63) is 57.6 Å². The van der Waals surface area contributed by atoms with Gasteiger partial charge in [0.1, 0.15) is 0 Å². The number of carboxylic acids is 1. The maximum atomic E-state index is 13.0. The van der Waals surface area contributed by atoms with Crippen molar-refractivity contribution in [1.29, 1.82) is 0 Å². The number of fused-ring (bicyclic) bond motifs is 1. The Hall–Kier alpha value is -2.70. The van der Waals surface area contributed by atoms with Crippen LogP contribution in [0, 0.1) is 20.8 Å². The van der Waals surface area contributed by atoms with Gasteiger partial charge in [0.25, 0.3) is 0 Å². The van der Waals surface area contributed by atoms with Crippen molar-refractivity contribution in [2.75, 3.05) is 26.2 Å². The molecule has 200 valence electrons. The summed E-state index contributed by atoms with van der Waals surface area (Å²) in [6.07, 6.45) is 3.12. The molecule has 1 atom stereocenters. The van der Waals surface area contributed by atoms with Crippen molar-refractivity contribution in [2.24, 2.45) is 0 Å². The highest BCUT2D eigenvalue weighted by molar-refractivity contribution is 5.84. The van der Waals surface area contributed by atoms with E-state index in [2.05, 4.69) is 43.0 Å². The molecule has 2 aliphatic heterocycles. The van der Waals surface area contributed by atoms with Gasteiger partial charge in [-0.1, -0.05) is 29.8 Å². The number of piperidine rings is 1. The molecule has 2 heterocycles. The topological polar surface area (TPSA) is 70.1 Å². The zero-order chi connectivity index (χ0) is 26.9. The summed E-state index contributed by atoms with van der Waals surface area (Å²) in [6, 6.07) is 8.30. The smallest absolute Gasteiger partial charge is 0.337 e. The Kier molecular flexibility index (Phi) is 8.10. The predicted octanol–water partition coefficient (Wildman–Crippen LogP) is 5.59. The molecule has 6 nitrogen and oxygen atoms in total. The number of benzene rings is 2. The van der Waals surface area contributed by atoms with Gasteiger partial charge in [0.05, 0.1) is 12.1 Å². The minimum absolute atomic E-state index is 0.202. The van der Waals surface area contributed by atoms with E-state index in [1.807, 2.05) is 32.6 Å². The van der Waals surface area contributed by atoms with Crippen LogP contribution in [0.4, 0.5) is 0 Å². The molecule has 37 heavy (non-hydrogen) atoms. The highest BCUT2D eigenvalue weighted by Gasteiger charge is 2.35. The van der Waals surface area contributed by atoms with Gasteiger partial charge in [-0.2, -0.15) is 0 Å². The van der Waals surface area contributed by atoms with E-state index < -0.39 is 17.7 Å². The number of aliphatic carboxylic acids is 1. The summed E-state index contributed by atoms with van der Waals surface area (Å²) in [5, 5.41) is 10.4. The number of carboxylic acid groups (broad SMARTS) is 1. The number of carbonyl (C=O) groups excluding carboxylic acids is 1. The van der Waals surface area contributed by atoms with Gasteiger partial charge in [0, 0.05) is 31.7 Å². The molecule has 6 heteroatoms. The van der Waals surface area contributed by atoms with Gasteiger partial charge in [-0.25, -0.2) is 4.79 Å². The minimum Gasteiger partial charge on any atom is -0.479 e. The standard InChI is InChI=1S/C31H42N2O4/c1-20-10-12-23(13-11-20)27-21(2)24-14-17-32(19-26(34)33-15-8-7-9-16-33)18-25(24)22(3)28(27)29(30(35)36)37-31(4,5)6/h10-13,29H,7-9,14-19H2,1-6H3,(H,35,36). The summed E-state index contributed by atoms with van der Waals surface area (Å²) in [4.78, 5) is 29.9. The first-order valence-corrected chi connectivity index (χ1v) is 13.6. The van der Waals surface area contributed by atoms with Crippen LogP contribution in [0.1, 0.15) is 79.5 Å². The number of aryl methyl sites for hydroxylation is 1. The monoisotopic (exact) mass is 506 g/mol. The number of likely N-dealkylation sites (tertiary alicyclic amines) is 1. The van der Waals surface area contributed by atoms with Gasteiger partial charge in [0.15, 0.2) is 6.10 Å². The molecule has 1 N–H and O–H groups in total. The Labute approximate surface area is 221 Å². The van der Waals surface area contributed by atoms with Crippen molar-refractivity contribution in [2.45, 2.75) is 85.5 Å². The van der Waals surface area contributed by atoms with Gasteiger partial charge in [0.2, 0.25) is 5.91 Å². The average Bonchev–Trinajstić information content (AvgIpc) is 2.85. The number of carbonyl (C=O) groups is 2. The van der Waals surface area contributed by atoms with Crippen LogP contribution in [0.2, 0.25) is 0 Å². The Morgan fingerprint density at radius 1 is 0.946 bits per heavy atom. The molecule has 2 aromatic carbocycles. The van der Waals surface area contributed by atoms with Crippen molar-refractivity contribution < 1.29 is 19.4 Å². The molecule has 0 saturated carbocycles. The highest BCUT2D eigenvalue weighted by Crippen LogP contribution is 2.42. The molecule has 2 aliphatic rings. The summed E-state index contributed by atoms with van der Waals surface area (Å²) >= 11 is 0. The number of nitrogens with zero attached hydrogens (tertiary/aromatic N) is 2. The molecule has 1 amide bonds. The first-order chi connectivity index (χ1) is 17.5. The van der Waals surface area contributed by atoms with Gasteiger partial charge in [-0.15, -0.1) is 0 Å². The normalized spacial score (nSPS) is 17.4. The number of hydrogen-bond acceptors (Lipinski definition) is 4. The van der Waals surface area contributed by atoms with E-state index in [1.54, 1.807) is 0 Å². The number of ether oxygens (including phenoxy) is 1. The van der Waals surface area contributed by atoms with E-state index in [4.69, 9.17) is 4.74 Å². The molecule has 0 aromatic heterocycles. The van der Waals surface area contributed by atoms with Crippen LogP contribution in [-0.2, 0) is 27.3 Å². The average molecular weight is 507 g/mol. The number of rotatable bonds is 6. The molecule has 1 fully saturated rings. The molecular formula is C31H42N2O4. The second-order valence-corrected chi connectivity index (χ2v) is 11.7. The van der Waals surface area contributed by atoms with Crippen LogP contribution in [-0.4, -0.2) is 58.6 Å². The maximum Gasteiger partial charge on any atom is 0.337 e. The van der Waals surface area contributed by atoms with Crippen molar-refractivity contribution in [1.82, 2.24) is 9.80 Å². The lowest BCUT2D eigenvalue weighted by molar-refractivity contribution is -0.160. The molecule has 0 spiro atoms. The minimum atomic E-state index is -1.09. The zero-order valence-electron chi connectivity index (χ0n) is 23.3. The summed E-state index contributed by atoms with van der Waals surface area (Å²) in [5.74, 6) is -0.785. The third-order valence-electron chi connectivity index (χ3n) is 7.74. The lowest BCUT2D eigenvalue weighted by Gasteiger charge is -2.36. The van der Waals surface area contributed by atoms with Gasteiger partial charge < -0.3 is 14.7 Å². The largest absolute Gasteiger partial charge is 0.479 e. The van der Waals surface area contributed by atoms with Crippen LogP contribution in [0.15, 0.2) is 24.3 Å². The first-order valence-electron chi connectivity index (χ1n) is 13.6. The fourth-order valence-electron chi connectivity index (χ4n) is 5.86. The van der Waals surface area contributed by atoms with E-state index in [0.29, 0.717) is 13.1 Å². The van der Waals surface area contributed by atoms with Crippen molar-refractivity contribution >= 4 is 11.9 Å². The molecular weight excluding hydrogens is 464 g/mol. The molecule has 1 saturated heterocycles. The Balaban J connectivity index is 1.78. The summed E-state index contributed by atoms with van der Waals surface area (Å²) in [7, 11) is 0. The van der Waals surface area contributed by atoms with Gasteiger partial charge >= 0.3 is 5.97 Å². The van der Waals surface area contributed by atoms with Crippen LogP contribution in [0.3, 0.4) is 0 Å². The van der Waals surface area contributed by atoms with Crippen LogP contribution < -0.4 is 0 Å². The third kappa shape index (κ3) is 6.07. The molecule has 0 radical (unpaired) electrons. The molecule has 4 rings (SSSR count). The quantitative estimate of drug-likeness (QED) is 0.553. The highest BCUT2D eigenvalue weighted by atomic mass is 16.5. The van der Waals surface area contributed by atoms with Crippen LogP contribution >= 0.6 is 0 Å². The number of amides is 1. The molecule has 0 bridgehead atoms. The Morgan fingerprint density at radius 2 is 1.59 bits per heavy atom. The van der Waals surface area contributed by atoms with Crippen molar-refractivity contribution in [3.63, 3.8) is 0 Å². The lowest BCUT2D eigenvalue weighted by atomic mass is 9.80. The fraction of sp³-hybridized carbons (Fsp3) is 0.548. The first kappa shape index (κ1) is 27.3. The summed E-state index contributed by atoms with van der Waals surface area (Å²) in [5.41, 5.74) is 7.73. The second-order valence-electron chi connectivity index (χ2n) is 11.7. The van der Waals surface area contributed by atoms with Crippen LogP contribution in [0.5, 0.6) is 0 Å². The van der Waals surface area contributed by atoms with Gasteiger partial charge in [-0.05, 0) is 101 Å². The summed E-state index contributed by atoms with van der Waals surface area (Å²) < 4.78 is 6.19. The lowest BCUT2D eigenvalue weighted by Crippen LogP contribution is -2.44. The van der Waals surface area contributed by atoms with E-state index in [-0.39, 0.29) is 5.91 Å². The molecule has 1 unspecified atom stereocenters. The second kappa shape index (κ2) is 11.0. The maximum absolute atomic E-state index is 13.0. The zero-order valence-corrected chi connectivity index (χ0v) is 23.3. The predicted molar refractivity (Wildman–Crippen MR) is 147 cm³/mol. The van der Waals surface area contributed by atoms with Crippen molar-refractivity contribution in [3.8, 4) is 11.1 Å². The van der Waals surface area contributed by atoms with E-state index in [1.165, 1.54) is 12.0 Å². The number of hydrogen-bond donors (Lipinski definition) is 1. The van der Waals surface area contributed by atoms with E-state index in [0.717, 1.165) is 77.8 Å². The SMILES string of the molecule is Cc1ccc(-c2c(C)c3c(c(C)c2C(OC(C)(C)C)C(=O)O)CN(CC(=O)N2CCCCC2)CC3)cc1. The van der Waals surface area contributed by atoms with E-state index >= 15 is 0 Å². The van der Waals surface area contributed by atoms with Crippen LogP contribution in [0.25, 0.3) is 11.1 Å². The molecule has 2 aromatic rings. The molecule has 0 aliphatic carbocycles. The van der Waals surface area contributed by atoms with Gasteiger partial charge in [-0.3, -0.25) is 9.69 Å².